The van der Waals surface area contributed by atoms with E-state index in [0.29, 0.717) is 55.0 Å². The number of para-hydroxylation sites is 1. The molecule has 2 aliphatic heterocycles. The lowest BCUT2D eigenvalue weighted by atomic mass is 9.95. The van der Waals surface area contributed by atoms with Gasteiger partial charge in [0, 0.05) is 49.2 Å². The van der Waals surface area contributed by atoms with E-state index in [1.165, 1.54) is 6.07 Å². The third kappa shape index (κ3) is 4.70. The van der Waals surface area contributed by atoms with Crippen molar-refractivity contribution in [3.8, 4) is 0 Å². The van der Waals surface area contributed by atoms with Crippen LogP contribution in [0.1, 0.15) is 34.1 Å². The molecular formula is C26H27F3N4O2. The van der Waals surface area contributed by atoms with Gasteiger partial charge >= 0.3 is 6.18 Å². The number of morpholine rings is 1. The number of alkyl halides is 3. The number of aromatic nitrogens is 1. The van der Waals surface area contributed by atoms with Gasteiger partial charge in [0.05, 0.1) is 41.2 Å². The number of rotatable bonds is 4. The first-order valence-corrected chi connectivity index (χ1v) is 11.8. The number of halogens is 3. The highest BCUT2D eigenvalue weighted by atomic mass is 19.4. The second-order valence-corrected chi connectivity index (χ2v) is 8.83. The Balaban J connectivity index is 1.60. The molecule has 0 bridgehead atoms. The average Bonchev–Trinajstić information content (AvgIpc) is 2.86. The van der Waals surface area contributed by atoms with E-state index in [1.54, 1.807) is 0 Å². The fraction of sp³-hybridized carbons (Fsp3) is 0.385. The van der Waals surface area contributed by atoms with E-state index >= 15 is 0 Å². The molecule has 1 N–H and O–H groups in total. The van der Waals surface area contributed by atoms with Gasteiger partial charge < -0.3 is 15.0 Å². The molecule has 1 fully saturated rings. The van der Waals surface area contributed by atoms with Crippen molar-refractivity contribution in [3.63, 3.8) is 0 Å². The maximum Gasteiger partial charge on any atom is 0.416 e. The van der Waals surface area contributed by atoms with Gasteiger partial charge in [-0.05, 0) is 30.8 Å². The highest BCUT2D eigenvalue weighted by Gasteiger charge is 2.32. The van der Waals surface area contributed by atoms with Crippen LogP contribution < -0.4 is 10.2 Å². The van der Waals surface area contributed by atoms with Gasteiger partial charge in [0.15, 0.2) is 0 Å². The lowest BCUT2D eigenvalue weighted by molar-refractivity contribution is -0.137. The molecule has 3 aromatic rings. The van der Waals surface area contributed by atoms with Crippen molar-refractivity contribution < 1.29 is 22.7 Å². The fourth-order valence-corrected chi connectivity index (χ4v) is 4.85. The molecule has 0 unspecified atom stereocenters. The maximum absolute atomic E-state index is 13.8. The van der Waals surface area contributed by atoms with Crippen molar-refractivity contribution in [3.05, 3.63) is 64.8 Å². The van der Waals surface area contributed by atoms with Crippen LogP contribution in [0.25, 0.3) is 10.9 Å². The highest BCUT2D eigenvalue weighted by Crippen LogP contribution is 2.37. The second kappa shape index (κ2) is 9.47. The van der Waals surface area contributed by atoms with Crippen molar-refractivity contribution in [2.75, 3.05) is 49.6 Å². The Hall–Kier alpha value is -3.17. The molecule has 1 amide bonds. The molecule has 0 atom stereocenters. The largest absolute Gasteiger partial charge is 0.416 e. The number of pyridine rings is 1. The van der Waals surface area contributed by atoms with Gasteiger partial charge in [-0.3, -0.25) is 14.7 Å². The first kappa shape index (κ1) is 23.6. The summed E-state index contributed by atoms with van der Waals surface area (Å²) in [4.78, 5) is 22.8. The number of ether oxygens (including phenoxy) is 1. The van der Waals surface area contributed by atoms with Gasteiger partial charge in [-0.25, -0.2) is 0 Å². The minimum atomic E-state index is -4.52. The zero-order valence-electron chi connectivity index (χ0n) is 19.5. The van der Waals surface area contributed by atoms with E-state index < -0.39 is 17.6 Å². The molecule has 0 aliphatic carbocycles. The van der Waals surface area contributed by atoms with Gasteiger partial charge in [-0.2, -0.15) is 13.2 Å². The number of hydrogen-bond donors (Lipinski definition) is 1. The molecule has 184 valence electrons. The number of carbonyl (C=O) groups is 1. The Morgan fingerprint density at radius 1 is 1.11 bits per heavy atom. The van der Waals surface area contributed by atoms with Crippen LogP contribution in [0, 0.1) is 0 Å². The number of nitrogens with zero attached hydrogens (tertiary/aromatic N) is 3. The predicted octanol–water partition coefficient (Wildman–Crippen LogP) is 4.72. The van der Waals surface area contributed by atoms with E-state index in [4.69, 9.17) is 9.72 Å². The predicted molar refractivity (Wildman–Crippen MR) is 129 cm³/mol. The molecule has 5 rings (SSSR count). The molecule has 6 nitrogen and oxygen atoms in total. The fourth-order valence-electron chi connectivity index (χ4n) is 4.85. The summed E-state index contributed by atoms with van der Waals surface area (Å²) >= 11 is 0. The van der Waals surface area contributed by atoms with Gasteiger partial charge in [-0.1, -0.05) is 25.1 Å². The van der Waals surface area contributed by atoms with E-state index in [1.807, 2.05) is 29.2 Å². The van der Waals surface area contributed by atoms with Gasteiger partial charge in [0.25, 0.3) is 5.91 Å². The monoisotopic (exact) mass is 484 g/mol. The van der Waals surface area contributed by atoms with Crippen LogP contribution >= 0.6 is 0 Å². The molecular weight excluding hydrogens is 457 g/mol. The smallest absolute Gasteiger partial charge is 0.378 e. The van der Waals surface area contributed by atoms with E-state index in [-0.39, 0.29) is 5.69 Å². The van der Waals surface area contributed by atoms with Crippen LogP contribution in [-0.4, -0.2) is 55.2 Å². The minimum absolute atomic E-state index is 0.143. The lowest BCUT2D eigenvalue weighted by Gasteiger charge is -2.31. The Bertz CT molecular complexity index is 1260. The van der Waals surface area contributed by atoms with E-state index in [9.17, 15) is 18.0 Å². The highest BCUT2D eigenvalue weighted by molar-refractivity contribution is 6.14. The van der Waals surface area contributed by atoms with Crippen LogP contribution in [-0.2, 0) is 23.9 Å². The van der Waals surface area contributed by atoms with Crippen molar-refractivity contribution >= 4 is 28.2 Å². The average molecular weight is 485 g/mol. The molecule has 0 saturated carbocycles. The lowest BCUT2D eigenvalue weighted by Crippen LogP contribution is -2.37. The first-order valence-electron chi connectivity index (χ1n) is 11.8. The second-order valence-electron chi connectivity index (χ2n) is 8.83. The molecule has 0 radical (unpaired) electrons. The molecule has 1 saturated heterocycles. The summed E-state index contributed by atoms with van der Waals surface area (Å²) in [5, 5.41) is 3.54. The topological polar surface area (TPSA) is 57.7 Å². The molecule has 0 spiro atoms. The zero-order valence-corrected chi connectivity index (χ0v) is 19.5. The van der Waals surface area contributed by atoms with Gasteiger partial charge in [0.2, 0.25) is 0 Å². The summed E-state index contributed by atoms with van der Waals surface area (Å²) in [6.07, 6.45) is -3.80. The number of fused-ring (bicyclic) bond motifs is 2. The molecule has 3 heterocycles. The van der Waals surface area contributed by atoms with Crippen LogP contribution in [0.15, 0.2) is 42.5 Å². The Morgan fingerprint density at radius 2 is 1.89 bits per heavy atom. The van der Waals surface area contributed by atoms with Crippen molar-refractivity contribution in [1.82, 2.24) is 9.88 Å². The number of anilines is 2. The van der Waals surface area contributed by atoms with Crippen LogP contribution in [0.2, 0.25) is 0 Å². The molecule has 1 aromatic heterocycles. The Kier molecular flexibility index (Phi) is 6.37. The minimum Gasteiger partial charge on any atom is -0.378 e. The molecule has 9 heteroatoms. The summed E-state index contributed by atoms with van der Waals surface area (Å²) in [5.41, 5.74) is 2.79. The number of nitrogens with one attached hydrogen (secondary N) is 1. The van der Waals surface area contributed by atoms with Crippen molar-refractivity contribution in [2.24, 2.45) is 0 Å². The summed E-state index contributed by atoms with van der Waals surface area (Å²) < 4.78 is 46.1. The van der Waals surface area contributed by atoms with E-state index in [2.05, 4.69) is 17.1 Å². The summed E-state index contributed by atoms with van der Waals surface area (Å²) in [6.45, 7) is 6.35. The Morgan fingerprint density at radius 3 is 2.63 bits per heavy atom. The quantitative estimate of drug-likeness (QED) is 0.581. The molecule has 2 aliphatic rings. The maximum atomic E-state index is 13.8. The Labute approximate surface area is 201 Å². The number of carbonyl (C=O) groups excluding carboxylic acids is 1. The SMILES string of the molecule is CCN1CCc2nc3ccccc3c(C(=O)Nc3cc(C(F)(F)F)ccc3N3CCOCC3)c2C1. The number of amides is 1. The standard InChI is InChI=1S/C26H27F3N4O2/c1-2-32-10-9-21-19(16-32)24(18-5-3-4-6-20(18)30-21)25(34)31-22-15-17(26(27,28)29)7-8-23(22)33-11-13-35-14-12-33/h3-8,15H,2,9-14,16H2,1H3,(H,31,34). The number of hydrogen-bond acceptors (Lipinski definition) is 5. The van der Waals surface area contributed by atoms with E-state index in [0.717, 1.165) is 42.9 Å². The third-order valence-electron chi connectivity index (χ3n) is 6.72. The molecule has 2 aromatic carbocycles. The van der Waals surface area contributed by atoms with Crippen molar-refractivity contribution in [1.29, 1.82) is 0 Å². The van der Waals surface area contributed by atoms with Crippen molar-refractivity contribution in [2.45, 2.75) is 26.1 Å². The number of benzene rings is 2. The summed E-state index contributed by atoms with van der Waals surface area (Å²) in [6, 6.07) is 10.9. The first-order chi connectivity index (χ1) is 16.8. The van der Waals surface area contributed by atoms with Gasteiger partial charge in [-0.15, -0.1) is 0 Å². The molecule has 35 heavy (non-hydrogen) atoms. The summed E-state index contributed by atoms with van der Waals surface area (Å²) in [5.74, 6) is -0.424. The normalized spacial score (nSPS) is 16.9. The van der Waals surface area contributed by atoms with Crippen LogP contribution in [0.4, 0.5) is 24.5 Å². The van der Waals surface area contributed by atoms with Crippen LogP contribution in [0.3, 0.4) is 0 Å². The zero-order chi connectivity index (χ0) is 24.6. The number of likely N-dealkylation sites (N-methyl/N-ethyl adjacent to an activating group) is 1. The third-order valence-corrected chi connectivity index (χ3v) is 6.72. The van der Waals surface area contributed by atoms with Gasteiger partial charge in [0.1, 0.15) is 0 Å². The van der Waals surface area contributed by atoms with Crippen LogP contribution in [0.5, 0.6) is 0 Å². The summed E-state index contributed by atoms with van der Waals surface area (Å²) in [7, 11) is 0.